The van der Waals surface area contributed by atoms with Crippen LogP contribution < -0.4 is 15.4 Å². The van der Waals surface area contributed by atoms with Crippen LogP contribution in [-0.2, 0) is 11.8 Å². The molecule has 0 saturated carbocycles. The number of likely N-dealkylation sites (tertiary alicyclic amines) is 2. The summed E-state index contributed by atoms with van der Waals surface area (Å²) in [6, 6.07) is 4.56. The monoisotopic (exact) mass is 611 g/mol. The minimum Gasteiger partial charge on any atom is -0.478 e. The third-order valence-corrected chi connectivity index (χ3v) is 8.70. The molecule has 2 saturated heterocycles. The zero-order chi connectivity index (χ0) is 31.2. The molecule has 11 nitrogen and oxygen atoms in total. The number of benzene rings is 1. The van der Waals surface area contributed by atoms with E-state index < -0.39 is 24.0 Å². The lowest BCUT2D eigenvalue weighted by atomic mass is 10.0. The second kappa shape index (κ2) is 11.7. The van der Waals surface area contributed by atoms with Crippen LogP contribution in [-0.4, -0.2) is 92.5 Å². The molecule has 1 aromatic carbocycles. The first kappa shape index (κ1) is 29.9. The summed E-state index contributed by atoms with van der Waals surface area (Å²) in [4.78, 5) is 30.0. The average Bonchev–Trinajstić information content (AvgIpc) is 3.71. The molecule has 0 radical (unpaired) electrons. The normalized spacial score (nSPS) is 20.3. The number of rotatable bonds is 7. The highest BCUT2D eigenvalue weighted by atomic mass is 19.4. The number of halogens is 3. The molecule has 2 atom stereocenters. The standard InChI is InChI=1S/C30H36F3N9O2/c1-17-13-35-29(37-23-16-41(3)39-28(23)44-4)38-25(17)21-14-34-26-20(21)6-5-7-22(26)36-27(43)24-12-18(30(31,32)33)15-42(24)19-8-10-40(2)11-9-19/h5-7,13-14,16,18-19,24,34H,8-12,15H2,1-4H3,(H,36,43)(H,35,37,38)/t18-,24?/m0/s1. The maximum absolute atomic E-state index is 13.8. The highest BCUT2D eigenvalue weighted by Gasteiger charge is 2.51. The molecular weight excluding hydrogens is 575 g/mol. The van der Waals surface area contributed by atoms with Gasteiger partial charge in [-0.3, -0.25) is 14.4 Å². The average molecular weight is 612 g/mol. The van der Waals surface area contributed by atoms with Gasteiger partial charge < -0.3 is 25.3 Å². The number of methoxy groups -OCH3 is 1. The number of aryl methyl sites for hydroxylation is 2. The van der Waals surface area contributed by atoms with Gasteiger partial charge in [-0.25, -0.2) is 9.97 Å². The lowest BCUT2D eigenvalue weighted by Crippen LogP contribution is -2.49. The number of aromatic amines is 1. The maximum Gasteiger partial charge on any atom is 0.393 e. The summed E-state index contributed by atoms with van der Waals surface area (Å²) in [6.07, 6.45) is 2.17. The van der Waals surface area contributed by atoms with Gasteiger partial charge in [-0.1, -0.05) is 12.1 Å². The first-order chi connectivity index (χ1) is 21.0. The summed E-state index contributed by atoms with van der Waals surface area (Å²) in [5, 5.41) is 11.2. The van der Waals surface area contributed by atoms with E-state index in [1.807, 2.05) is 32.3 Å². The van der Waals surface area contributed by atoms with Gasteiger partial charge in [0.05, 0.1) is 42.2 Å². The number of aromatic nitrogens is 5. The van der Waals surface area contributed by atoms with Crippen molar-refractivity contribution in [2.75, 3.05) is 44.4 Å². The van der Waals surface area contributed by atoms with E-state index >= 15 is 0 Å². The Hall–Kier alpha value is -4.17. The molecule has 1 unspecified atom stereocenters. The number of fused-ring (bicyclic) bond motifs is 1. The zero-order valence-electron chi connectivity index (χ0n) is 25.1. The van der Waals surface area contributed by atoms with Crippen molar-refractivity contribution >= 4 is 34.1 Å². The van der Waals surface area contributed by atoms with Crippen LogP contribution in [0, 0.1) is 12.8 Å². The van der Waals surface area contributed by atoms with Crippen LogP contribution in [0.5, 0.6) is 5.88 Å². The molecule has 3 aromatic heterocycles. The number of anilines is 3. The Kier molecular flexibility index (Phi) is 7.97. The largest absolute Gasteiger partial charge is 0.478 e. The van der Waals surface area contributed by atoms with Gasteiger partial charge in [0.15, 0.2) is 0 Å². The fourth-order valence-electron chi connectivity index (χ4n) is 6.36. The third-order valence-electron chi connectivity index (χ3n) is 8.70. The number of alkyl halides is 3. The summed E-state index contributed by atoms with van der Waals surface area (Å²) in [6.45, 7) is 3.35. The Morgan fingerprint density at radius 1 is 1.16 bits per heavy atom. The van der Waals surface area contributed by atoms with Crippen molar-refractivity contribution in [3.8, 4) is 17.1 Å². The molecule has 6 rings (SSSR count). The van der Waals surface area contributed by atoms with Crippen LogP contribution in [0.25, 0.3) is 22.2 Å². The van der Waals surface area contributed by atoms with E-state index in [0.29, 0.717) is 34.4 Å². The van der Waals surface area contributed by atoms with Gasteiger partial charge in [0, 0.05) is 43.0 Å². The molecule has 4 aromatic rings. The van der Waals surface area contributed by atoms with E-state index in [0.717, 1.165) is 42.4 Å². The van der Waals surface area contributed by atoms with Crippen LogP contribution in [0.1, 0.15) is 24.8 Å². The number of hydrogen-bond acceptors (Lipinski definition) is 8. The molecule has 234 valence electrons. The summed E-state index contributed by atoms with van der Waals surface area (Å²) in [7, 11) is 5.32. The summed E-state index contributed by atoms with van der Waals surface area (Å²) in [5.41, 5.74) is 4.08. The van der Waals surface area contributed by atoms with E-state index in [-0.39, 0.29) is 19.0 Å². The van der Waals surface area contributed by atoms with Gasteiger partial charge in [-0.15, -0.1) is 5.10 Å². The van der Waals surface area contributed by atoms with Gasteiger partial charge in [-0.2, -0.15) is 13.2 Å². The first-order valence-electron chi connectivity index (χ1n) is 14.6. The molecule has 5 heterocycles. The maximum atomic E-state index is 13.8. The summed E-state index contributed by atoms with van der Waals surface area (Å²) >= 11 is 0. The lowest BCUT2D eigenvalue weighted by Gasteiger charge is -2.37. The van der Waals surface area contributed by atoms with Gasteiger partial charge >= 0.3 is 6.18 Å². The topological polar surface area (TPSA) is 116 Å². The van der Waals surface area contributed by atoms with Crippen LogP contribution >= 0.6 is 0 Å². The van der Waals surface area contributed by atoms with Crippen molar-refractivity contribution in [3.63, 3.8) is 0 Å². The van der Waals surface area contributed by atoms with Crippen LogP contribution in [0.3, 0.4) is 0 Å². The predicted molar refractivity (Wildman–Crippen MR) is 161 cm³/mol. The van der Waals surface area contributed by atoms with E-state index in [1.165, 1.54) is 7.11 Å². The number of piperidine rings is 1. The second-order valence-corrected chi connectivity index (χ2v) is 11.7. The number of H-pyrrole nitrogens is 1. The Bertz CT molecular complexity index is 1660. The fraction of sp³-hybridized carbons (Fsp3) is 0.467. The Labute approximate surface area is 252 Å². The van der Waals surface area contributed by atoms with Crippen LogP contribution in [0.2, 0.25) is 0 Å². The summed E-state index contributed by atoms with van der Waals surface area (Å²) in [5.74, 6) is -1.19. The minimum atomic E-state index is -4.35. The molecule has 2 aliphatic heterocycles. The molecule has 2 fully saturated rings. The third kappa shape index (κ3) is 5.83. The number of nitrogens with one attached hydrogen (secondary N) is 3. The molecule has 0 aliphatic carbocycles. The molecular formula is C30H36F3N9O2. The predicted octanol–water partition coefficient (Wildman–Crippen LogP) is 4.70. The lowest BCUT2D eigenvalue weighted by molar-refractivity contribution is -0.171. The number of ether oxygens (including phenoxy) is 1. The van der Waals surface area contributed by atoms with Gasteiger partial charge in [-0.05, 0) is 58.0 Å². The van der Waals surface area contributed by atoms with Gasteiger partial charge in [0.25, 0.3) is 5.88 Å². The number of carbonyl (C=O) groups is 1. The van der Waals surface area contributed by atoms with E-state index in [4.69, 9.17) is 9.72 Å². The smallest absolute Gasteiger partial charge is 0.393 e. The van der Waals surface area contributed by atoms with Crippen molar-refractivity contribution in [2.45, 2.75) is 44.4 Å². The Balaban J connectivity index is 1.26. The van der Waals surface area contributed by atoms with Crippen molar-refractivity contribution in [3.05, 3.63) is 42.4 Å². The minimum absolute atomic E-state index is 0.0580. The highest BCUT2D eigenvalue weighted by molar-refractivity contribution is 6.06. The van der Waals surface area contributed by atoms with Crippen LogP contribution in [0.15, 0.2) is 36.8 Å². The Morgan fingerprint density at radius 2 is 1.93 bits per heavy atom. The number of hydrogen-bond donors (Lipinski definition) is 3. The Morgan fingerprint density at radius 3 is 2.66 bits per heavy atom. The number of nitrogens with zero attached hydrogens (tertiary/aromatic N) is 6. The van der Waals surface area contributed by atoms with E-state index in [9.17, 15) is 18.0 Å². The zero-order valence-corrected chi connectivity index (χ0v) is 25.1. The number of carbonyl (C=O) groups excluding carboxylic acids is 1. The highest BCUT2D eigenvalue weighted by Crippen LogP contribution is 2.40. The molecule has 3 N–H and O–H groups in total. The SMILES string of the molecule is COc1nn(C)cc1Nc1ncc(C)c(-c2c[nH]c3c(NC(=O)C4C[C@H](C(F)(F)F)CN4C4CCN(C)CC4)cccc23)n1. The number of amides is 1. The molecule has 0 spiro atoms. The molecule has 0 bridgehead atoms. The molecule has 44 heavy (non-hydrogen) atoms. The fourth-order valence-corrected chi connectivity index (χ4v) is 6.36. The summed E-state index contributed by atoms with van der Waals surface area (Å²) < 4.78 is 48.4. The first-order valence-corrected chi connectivity index (χ1v) is 14.6. The van der Waals surface area contributed by atoms with Gasteiger partial charge in [0.2, 0.25) is 11.9 Å². The van der Waals surface area contributed by atoms with Crippen LogP contribution in [0.4, 0.5) is 30.5 Å². The van der Waals surface area contributed by atoms with Gasteiger partial charge in [0.1, 0.15) is 5.69 Å². The van der Waals surface area contributed by atoms with E-state index in [1.54, 1.807) is 35.1 Å². The van der Waals surface area contributed by atoms with E-state index in [2.05, 4.69) is 30.6 Å². The second-order valence-electron chi connectivity index (χ2n) is 11.7. The van der Waals surface area contributed by atoms with Crippen molar-refractivity contribution in [1.29, 1.82) is 0 Å². The molecule has 1 amide bonds. The van der Waals surface area contributed by atoms with Crippen molar-refractivity contribution in [1.82, 2.24) is 34.5 Å². The molecule has 14 heteroatoms. The quantitative estimate of drug-likeness (QED) is 0.275. The number of para-hydroxylation sites is 1. The molecule has 2 aliphatic rings. The van der Waals surface area contributed by atoms with Crippen molar-refractivity contribution in [2.24, 2.45) is 13.0 Å². The van der Waals surface area contributed by atoms with Crippen molar-refractivity contribution < 1.29 is 22.7 Å².